The number of benzene rings is 1. The maximum atomic E-state index is 4.25. The molecule has 0 bridgehead atoms. The fraction of sp³-hybridized carbons (Fsp3) is 0.429. The molecule has 0 spiro atoms. The van der Waals surface area contributed by atoms with Crippen LogP contribution in [-0.2, 0) is 0 Å². The topological polar surface area (TPSA) is 37.8 Å². The first-order valence-electron chi connectivity index (χ1n) is 6.36. The van der Waals surface area contributed by atoms with Crippen molar-refractivity contribution in [3.63, 3.8) is 0 Å². The van der Waals surface area contributed by atoms with Crippen molar-refractivity contribution >= 4 is 28.4 Å². The van der Waals surface area contributed by atoms with Gasteiger partial charge in [-0.2, -0.15) is 16.9 Å². The van der Waals surface area contributed by atoms with Gasteiger partial charge in [0.25, 0.3) is 0 Å². The largest absolute Gasteiger partial charge is 0.365 e. The molecule has 4 heteroatoms. The lowest BCUT2D eigenvalue weighted by Gasteiger charge is -2.14. The third-order valence-corrected chi connectivity index (χ3v) is 4.72. The van der Waals surface area contributed by atoms with Crippen molar-refractivity contribution < 1.29 is 0 Å². The van der Waals surface area contributed by atoms with E-state index in [0.717, 1.165) is 16.5 Å². The first kappa shape index (κ1) is 11.8. The third-order valence-electron chi connectivity index (χ3n) is 3.63. The second-order valence-electron chi connectivity index (χ2n) is 4.79. The molecule has 1 aromatic heterocycles. The van der Waals surface area contributed by atoms with Gasteiger partial charge in [-0.1, -0.05) is 24.3 Å². The summed E-state index contributed by atoms with van der Waals surface area (Å²) in [6.07, 6.45) is 7.78. The Balaban J connectivity index is 1.83. The average molecular weight is 259 g/mol. The molecule has 1 saturated carbocycles. The van der Waals surface area contributed by atoms with E-state index in [9.17, 15) is 0 Å². The van der Waals surface area contributed by atoms with E-state index in [-0.39, 0.29) is 0 Å². The molecular formula is C14H17N3S. The molecule has 94 valence electrons. The normalized spacial score (nSPS) is 23.4. The Morgan fingerprint density at radius 1 is 1.28 bits per heavy atom. The van der Waals surface area contributed by atoms with Crippen LogP contribution in [-0.4, -0.2) is 27.7 Å². The fourth-order valence-electron chi connectivity index (χ4n) is 2.61. The first-order valence-corrected chi connectivity index (χ1v) is 7.65. The quantitative estimate of drug-likeness (QED) is 0.917. The molecule has 1 aliphatic rings. The number of fused-ring (bicyclic) bond motifs is 1. The summed E-state index contributed by atoms with van der Waals surface area (Å²) in [4.78, 5) is 0. The summed E-state index contributed by atoms with van der Waals surface area (Å²) in [5.41, 5.74) is 0. The van der Waals surface area contributed by atoms with Crippen LogP contribution in [0.15, 0.2) is 30.5 Å². The average Bonchev–Trinajstić information content (AvgIpc) is 2.87. The number of rotatable bonds is 3. The highest BCUT2D eigenvalue weighted by atomic mass is 32.2. The van der Waals surface area contributed by atoms with E-state index in [1.807, 2.05) is 24.0 Å². The molecule has 0 amide bonds. The number of nitrogens with zero attached hydrogens (tertiary/aromatic N) is 2. The fourth-order valence-corrected chi connectivity index (χ4v) is 3.41. The van der Waals surface area contributed by atoms with Crippen LogP contribution in [0.5, 0.6) is 0 Å². The summed E-state index contributed by atoms with van der Waals surface area (Å²) in [5, 5.41) is 15.0. The van der Waals surface area contributed by atoms with Gasteiger partial charge in [0.15, 0.2) is 5.82 Å². The molecule has 3 nitrogen and oxygen atoms in total. The van der Waals surface area contributed by atoms with Crippen LogP contribution in [0.25, 0.3) is 10.8 Å². The lowest BCUT2D eigenvalue weighted by Crippen LogP contribution is -2.17. The van der Waals surface area contributed by atoms with E-state index >= 15 is 0 Å². The van der Waals surface area contributed by atoms with Crippen molar-refractivity contribution in [3.8, 4) is 0 Å². The Morgan fingerprint density at radius 3 is 3.00 bits per heavy atom. The number of thioether (sulfide) groups is 1. The molecule has 2 aromatic rings. The van der Waals surface area contributed by atoms with Crippen LogP contribution in [0.3, 0.4) is 0 Å². The number of anilines is 1. The highest BCUT2D eigenvalue weighted by Gasteiger charge is 2.24. The molecule has 0 saturated heterocycles. The predicted octanol–water partition coefficient (Wildman–Crippen LogP) is 3.33. The minimum atomic E-state index is 0.544. The van der Waals surface area contributed by atoms with Gasteiger partial charge in [-0.25, -0.2) is 0 Å². The van der Waals surface area contributed by atoms with Crippen molar-refractivity contribution in [2.24, 2.45) is 0 Å². The Morgan fingerprint density at radius 2 is 2.17 bits per heavy atom. The van der Waals surface area contributed by atoms with Crippen molar-refractivity contribution in [2.45, 2.75) is 30.6 Å². The zero-order chi connectivity index (χ0) is 12.4. The Hall–Kier alpha value is -1.29. The molecule has 1 aromatic carbocycles. The summed E-state index contributed by atoms with van der Waals surface area (Å²) in [5.74, 6) is 0.930. The third kappa shape index (κ3) is 2.29. The Labute approximate surface area is 111 Å². The van der Waals surface area contributed by atoms with Crippen LogP contribution < -0.4 is 5.32 Å². The number of hydrogen-bond acceptors (Lipinski definition) is 4. The zero-order valence-corrected chi connectivity index (χ0v) is 11.3. The molecule has 0 aliphatic heterocycles. The molecular weight excluding hydrogens is 242 g/mol. The number of aromatic nitrogens is 2. The van der Waals surface area contributed by atoms with E-state index < -0.39 is 0 Å². The van der Waals surface area contributed by atoms with Gasteiger partial charge in [0, 0.05) is 22.1 Å². The highest BCUT2D eigenvalue weighted by molar-refractivity contribution is 7.99. The molecule has 1 heterocycles. The monoisotopic (exact) mass is 259 g/mol. The molecule has 2 atom stereocenters. The standard InChI is InChI=1S/C14H17N3S/c1-18-12-7-6-11(8-12)16-14-13-5-3-2-4-10(13)9-15-17-14/h2-5,9,11-12H,6-8H2,1H3,(H,16,17). The molecule has 1 fully saturated rings. The molecule has 2 unspecified atom stereocenters. The van der Waals surface area contributed by atoms with Gasteiger partial charge in [0.05, 0.1) is 6.20 Å². The second kappa shape index (κ2) is 5.14. The van der Waals surface area contributed by atoms with E-state index in [0.29, 0.717) is 6.04 Å². The van der Waals surface area contributed by atoms with Gasteiger partial charge in [0.2, 0.25) is 0 Å². The minimum absolute atomic E-state index is 0.544. The van der Waals surface area contributed by atoms with Gasteiger partial charge in [-0.15, -0.1) is 5.10 Å². The maximum absolute atomic E-state index is 4.25. The highest BCUT2D eigenvalue weighted by Crippen LogP contribution is 2.31. The van der Waals surface area contributed by atoms with Crippen LogP contribution in [0.1, 0.15) is 19.3 Å². The van der Waals surface area contributed by atoms with Crippen LogP contribution in [0, 0.1) is 0 Å². The van der Waals surface area contributed by atoms with E-state index in [1.165, 1.54) is 24.6 Å². The second-order valence-corrected chi connectivity index (χ2v) is 5.93. The number of hydrogen-bond donors (Lipinski definition) is 1. The Bertz CT molecular complexity index is 538. The van der Waals surface area contributed by atoms with Gasteiger partial charge in [-0.05, 0) is 25.5 Å². The van der Waals surface area contributed by atoms with E-state index in [2.05, 4.69) is 40.0 Å². The Kier molecular flexibility index (Phi) is 3.37. The summed E-state index contributed by atoms with van der Waals surface area (Å²) in [7, 11) is 0. The van der Waals surface area contributed by atoms with E-state index in [1.54, 1.807) is 0 Å². The lowest BCUT2D eigenvalue weighted by molar-refractivity contribution is 0.750. The lowest BCUT2D eigenvalue weighted by atomic mass is 10.2. The molecule has 1 N–H and O–H groups in total. The van der Waals surface area contributed by atoms with Gasteiger partial charge in [-0.3, -0.25) is 0 Å². The van der Waals surface area contributed by atoms with Crippen LogP contribution in [0.2, 0.25) is 0 Å². The predicted molar refractivity (Wildman–Crippen MR) is 78.1 cm³/mol. The van der Waals surface area contributed by atoms with Crippen LogP contribution >= 0.6 is 11.8 Å². The smallest absolute Gasteiger partial charge is 0.156 e. The first-order chi connectivity index (χ1) is 8.86. The van der Waals surface area contributed by atoms with Gasteiger partial charge < -0.3 is 5.32 Å². The molecule has 3 rings (SSSR count). The molecule has 18 heavy (non-hydrogen) atoms. The zero-order valence-electron chi connectivity index (χ0n) is 10.5. The summed E-state index contributed by atoms with van der Waals surface area (Å²) >= 11 is 1.97. The summed E-state index contributed by atoms with van der Waals surface area (Å²) in [6, 6.07) is 8.81. The SMILES string of the molecule is CSC1CCC(Nc2nncc3ccccc23)C1. The minimum Gasteiger partial charge on any atom is -0.365 e. The molecule has 0 radical (unpaired) electrons. The van der Waals surface area contributed by atoms with Crippen molar-refractivity contribution in [3.05, 3.63) is 30.5 Å². The van der Waals surface area contributed by atoms with E-state index in [4.69, 9.17) is 0 Å². The summed E-state index contributed by atoms with van der Waals surface area (Å²) in [6.45, 7) is 0. The van der Waals surface area contributed by atoms with Crippen molar-refractivity contribution in [2.75, 3.05) is 11.6 Å². The van der Waals surface area contributed by atoms with Crippen molar-refractivity contribution in [1.82, 2.24) is 10.2 Å². The number of nitrogens with one attached hydrogen (secondary N) is 1. The molecule has 1 aliphatic carbocycles. The summed E-state index contributed by atoms with van der Waals surface area (Å²) < 4.78 is 0. The van der Waals surface area contributed by atoms with Crippen molar-refractivity contribution in [1.29, 1.82) is 0 Å². The van der Waals surface area contributed by atoms with Crippen LogP contribution in [0.4, 0.5) is 5.82 Å². The van der Waals surface area contributed by atoms with Gasteiger partial charge in [0.1, 0.15) is 0 Å². The maximum Gasteiger partial charge on any atom is 0.156 e. The van der Waals surface area contributed by atoms with Gasteiger partial charge >= 0.3 is 0 Å².